The van der Waals surface area contributed by atoms with Crippen molar-refractivity contribution in [3.63, 3.8) is 0 Å². The van der Waals surface area contributed by atoms with Crippen molar-refractivity contribution < 1.29 is 0 Å². The molecule has 2 aliphatic rings. The summed E-state index contributed by atoms with van der Waals surface area (Å²) in [6, 6.07) is 0. The Morgan fingerprint density at radius 2 is 2.62 bits per heavy atom. The Hall–Kier alpha value is -0.300. The van der Waals surface area contributed by atoms with Gasteiger partial charge in [0.1, 0.15) is 0 Å². The summed E-state index contributed by atoms with van der Waals surface area (Å²) in [6.45, 7) is 2.41. The molecule has 0 aromatic rings. The van der Waals surface area contributed by atoms with E-state index in [4.69, 9.17) is 0 Å². The van der Waals surface area contributed by atoms with Gasteiger partial charge in [-0.05, 0) is 18.8 Å². The van der Waals surface area contributed by atoms with Gasteiger partial charge < -0.3 is 5.32 Å². The van der Waals surface area contributed by atoms with Gasteiger partial charge in [0.15, 0.2) is 0 Å². The summed E-state index contributed by atoms with van der Waals surface area (Å²) in [7, 11) is 0. The summed E-state index contributed by atoms with van der Waals surface area (Å²) in [5.41, 5.74) is 1.67. The van der Waals surface area contributed by atoms with Crippen molar-refractivity contribution >= 4 is 0 Å². The Labute approximate surface area is 49.8 Å². The van der Waals surface area contributed by atoms with E-state index in [1.807, 2.05) is 0 Å². The first-order valence-corrected chi connectivity index (χ1v) is 3.36. The average Bonchev–Trinajstić information content (AvgIpc) is 2.15. The first kappa shape index (κ1) is 4.57. The fourth-order valence-electron chi connectivity index (χ4n) is 1.66. The monoisotopic (exact) mass is 109 g/mol. The van der Waals surface area contributed by atoms with Crippen molar-refractivity contribution in [1.29, 1.82) is 0 Å². The minimum absolute atomic E-state index is 0.926. The number of nitrogens with one attached hydrogen (secondary N) is 1. The van der Waals surface area contributed by atoms with Gasteiger partial charge >= 0.3 is 0 Å². The molecule has 1 nitrogen and oxygen atoms in total. The Morgan fingerprint density at radius 3 is 3.50 bits per heavy atom. The molecule has 1 unspecified atom stereocenters. The van der Waals surface area contributed by atoms with Crippen LogP contribution in [0.4, 0.5) is 0 Å². The molecule has 44 valence electrons. The largest absolute Gasteiger partial charge is 0.312 e. The minimum Gasteiger partial charge on any atom is -0.312 e. The predicted octanol–water partition coefficient (Wildman–Crippen LogP) is 0.926. The lowest BCUT2D eigenvalue weighted by Crippen LogP contribution is -2.08. The van der Waals surface area contributed by atoms with Gasteiger partial charge in [-0.1, -0.05) is 11.6 Å². The maximum atomic E-state index is 3.36. The van der Waals surface area contributed by atoms with Crippen LogP contribution in [0.3, 0.4) is 0 Å². The Balaban J connectivity index is 2.20. The van der Waals surface area contributed by atoms with E-state index in [0.717, 1.165) is 5.92 Å². The van der Waals surface area contributed by atoms with Crippen LogP contribution in [0.1, 0.15) is 12.8 Å². The number of hydrogen-bond donors (Lipinski definition) is 1. The van der Waals surface area contributed by atoms with Crippen LogP contribution in [0.5, 0.6) is 0 Å². The van der Waals surface area contributed by atoms with E-state index in [1.165, 1.54) is 25.9 Å². The SMILES string of the molecule is C1=C2CNCC2CC1. The molecule has 1 heterocycles. The van der Waals surface area contributed by atoms with Crippen LogP contribution in [0.15, 0.2) is 11.6 Å². The predicted molar refractivity (Wildman–Crippen MR) is 33.7 cm³/mol. The minimum atomic E-state index is 0.926. The van der Waals surface area contributed by atoms with E-state index in [9.17, 15) is 0 Å². The molecule has 0 aromatic carbocycles. The van der Waals surface area contributed by atoms with E-state index in [1.54, 1.807) is 5.57 Å². The molecular formula is C7H11N. The van der Waals surface area contributed by atoms with Crippen molar-refractivity contribution in [1.82, 2.24) is 5.32 Å². The van der Waals surface area contributed by atoms with Gasteiger partial charge in [-0.2, -0.15) is 0 Å². The molecule has 1 saturated heterocycles. The summed E-state index contributed by atoms with van der Waals surface area (Å²) >= 11 is 0. The van der Waals surface area contributed by atoms with Gasteiger partial charge in [0, 0.05) is 13.1 Å². The fraction of sp³-hybridized carbons (Fsp3) is 0.714. The first-order chi connectivity index (χ1) is 3.97. The van der Waals surface area contributed by atoms with Gasteiger partial charge in [-0.15, -0.1) is 0 Å². The highest BCUT2D eigenvalue weighted by molar-refractivity contribution is 5.18. The molecule has 1 fully saturated rings. The molecule has 1 N–H and O–H groups in total. The Morgan fingerprint density at radius 1 is 1.62 bits per heavy atom. The summed E-state index contributed by atoms with van der Waals surface area (Å²) < 4.78 is 0. The van der Waals surface area contributed by atoms with Crippen LogP contribution < -0.4 is 5.32 Å². The summed E-state index contributed by atoms with van der Waals surface area (Å²) in [5, 5.41) is 3.36. The highest BCUT2D eigenvalue weighted by Crippen LogP contribution is 2.27. The molecule has 1 aliphatic carbocycles. The lowest BCUT2D eigenvalue weighted by atomic mass is 10.1. The van der Waals surface area contributed by atoms with Gasteiger partial charge in [0.2, 0.25) is 0 Å². The van der Waals surface area contributed by atoms with Gasteiger partial charge in [0.05, 0.1) is 0 Å². The number of rotatable bonds is 0. The zero-order chi connectivity index (χ0) is 5.40. The fourth-order valence-corrected chi connectivity index (χ4v) is 1.66. The second-order valence-electron chi connectivity index (χ2n) is 2.68. The van der Waals surface area contributed by atoms with Crippen LogP contribution in [0, 0.1) is 5.92 Å². The van der Waals surface area contributed by atoms with Crippen LogP contribution in [-0.2, 0) is 0 Å². The van der Waals surface area contributed by atoms with Gasteiger partial charge in [0.25, 0.3) is 0 Å². The third kappa shape index (κ3) is 0.511. The molecule has 0 bridgehead atoms. The quantitative estimate of drug-likeness (QED) is 0.456. The standard InChI is InChI=1S/C7H11N/c1-2-6-4-8-5-7(6)3-1/h2,7-8H,1,3-5H2. The van der Waals surface area contributed by atoms with Crippen molar-refractivity contribution in [2.45, 2.75) is 12.8 Å². The smallest absolute Gasteiger partial charge is 0.0168 e. The van der Waals surface area contributed by atoms with Crippen molar-refractivity contribution in [2.24, 2.45) is 5.92 Å². The highest BCUT2D eigenvalue weighted by atomic mass is 14.9. The van der Waals surface area contributed by atoms with E-state index in [-0.39, 0.29) is 0 Å². The molecular weight excluding hydrogens is 98.1 g/mol. The molecule has 8 heavy (non-hydrogen) atoms. The lowest BCUT2D eigenvalue weighted by Gasteiger charge is -1.97. The van der Waals surface area contributed by atoms with E-state index in [2.05, 4.69) is 11.4 Å². The molecule has 2 rings (SSSR count). The zero-order valence-corrected chi connectivity index (χ0v) is 4.98. The maximum Gasteiger partial charge on any atom is 0.0168 e. The molecule has 1 aliphatic heterocycles. The van der Waals surface area contributed by atoms with E-state index < -0.39 is 0 Å². The van der Waals surface area contributed by atoms with E-state index >= 15 is 0 Å². The second-order valence-corrected chi connectivity index (χ2v) is 2.68. The highest BCUT2D eigenvalue weighted by Gasteiger charge is 2.22. The summed E-state index contributed by atoms with van der Waals surface area (Å²) in [4.78, 5) is 0. The Bertz CT molecular complexity index is 126. The molecule has 0 aromatic heterocycles. The number of allylic oxidation sites excluding steroid dienone is 1. The summed E-state index contributed by atoms with van der Waals surface area (Å²) in [5.74, 6) is 0.926. The van der Waals surface area contributed by atoms with Crippen molar-refractivity contribution in [3.05, 3.63) is 11.6 Å². The van der Waals surface area contributed by atoms with Crippen molar-refractivity contribution in [3.8, 4) is 0 Å². The summed E-state index contributed by atoms with van der Waals surface area (Å²) in [6.07, 6.45) is 5.13. The normalized spacial score (nSPS) is 35.0. The van der Waals surface area contributed by atoms with Crippen LogP contribution in [0.25, 0.3) is 0 Å². The average molecular weight is 109 g/mol. The van der Waals surface area contributed by atoms with Crippen LogP contribution >= 0.6 is 0 Å². The molecule has 0 saturated carbocycles. The van der Waals surface area contributed by atoms with Gasteiger partial charge in [-0.3, -0.25) is 0 Å². The van der Waals surface area contributed by atoms with Crippen LogP contribution in [-0.4, -0.2) is 13.1 Å². The third-order valence-electron chi connectivity index (χ3n) is 2.17. The molecule has 0 spiro atoms. The molecule has 1 atom stereocenters. The topological polar surface area (TPSA) is 12.0 Å². The number of fused-ring (bicyclic) bond motifs is 1. The molecule has 0 radical (unpaired) electrons. The zero-order valence-electron chi connectivity index (χ0n) is 4.98. The maximum absolute atomic E-state index is 3.36. The Kier molecular flexibility index (Phi) is 0.908. The first-order valence-electron chi connectivity index (χ1n) is 3.36. The van der Waals surface area contributed by atoms with Crippen LogP contribution in [0.2, 0.25) is 0 Å². The van der Waals surface area contributed by atoms with E-state index in [0.29, 0.717) is 0 Å². The van der Waals surface area contributed by atoms with Crippen molar-refractivity contribution in [2.75, 3.05) is 13.1 Å². The third-order valence-corrected chi connectivity index (χ3v) is 2.17. The second kappa shape index (κ2) is 1.59. The van der Waals surface area contributed by atoms with Gasteiger partial charge in [-0.25, -0.2) is 0 Å². The lowest BCUT2D eigenvalue weighted by molar-refractivity contribution is 0.632. The number of hydrogen-bond acceptors (Lipinski definition) is 1. The molecule has 0 amide bonds. The molecule has 1 heteroatoms.